The van der Waals surface area contributed by atoms with Gasteiger partial charge in [0.15, 0.2) is 0 Å². The van der Waals surface area contributed by atoms with Crippen molar-refractivity contribution in [2.45, 2.75) is 17.7 Å². The van der Waals surface area contributed by atoms with Gasteiger partial charge in [0.05, 0.1) is 0 Å². The molecule has 0 aromatic carbocycles. The van der Waals surface area contributed by atoms with E-state index in [9.17, 15) is 8.42 Å². The van der Waals surface area contributed by atoms with Gasteiger partial charge in [-0.3, -0.25) is 0 Å². The highest BCUT2D eigenvalue weighted by molar-refractivity contribution is 7.98. The van der Waals surface area contributed by atoms with E-state index in [1.54, 1.807) is 30.9 Å². The van der Waals surface area contributed by atoms with Crippen LogP contribution in [0.4, 0.5) is 5.82 Å². The molecule has 18 heavy (non-hydrogen) atoms. The maximum absolute atomic E-state index is 11.9. The predicted octanol–water partition coefficient (Wildman–Crippen LogP) is 1.54. The second-order valence-corrected chi connectivity index (χ2v) is 6.48. The molecule has 1 aromatic heterocycles. The molecule has 0 aliphatic rings. The maximum atomic E-state index is 11.9. The largest absolute Gasteiger partial charge is 0.373 e. The summed E-state index contributed by atoms with van der Waals surface area (Å²) in [5.41, 5.74) is 0. The van der Waals surface area contributed by atoms with Crippen LogP contribution in [0.3, 0.4) is 0 Å². The molecule has 0 atom stereocenters. The van der Waals surface area contributed by atoms with Gasteiger partial charge in [-0.2, -0.15) is 11.8 Å². The number of aromatic nitrogens is 1. The zero-order valence-electron chi connectivity index (χ0n) is 10.6. The van der Waals surface area contributed by atoms with Crippen LogP contribution < -0.4 is 10.0 Å². The standard InChI is InChI=1S/C11H19N3O2S2/c1-12-11-6-5-10(9-13-11)18(15,16)14-7-3-4-8-17-2/h5-6,9,14H,3-4,7-8H2,1-2H3,(H,12,13). The zero-order chi connectivity index (χ0) is 13.4. The summed E-state index contributed by atoms with van der Waals surface area (Å²) in [7, 11) is -1.68. The van der Waals surface area contributed by atoms with Crippen molar-refractivity contribution in [1.29, 1.82) is 0 Å². The Balaban J connectivity index is 2.51. The summed E-state index contributed by atoms with van der Waals surface area (Å²) in [5.74, 6) is 1.70. The molecular formula is C11H19N3O2S2. The molecule has 0 radical (unpaired) electrons. The molecule has 0 bridgehead atoms. The Morgan fingerprint density at radius 1 is 1.33 bits per heavy atom. The lowest BCUT2D eigenvalue weighted by Crippen LogP contribution is -2.25. The minimum absolute atomic E-state index is 0.200. The van der Waals surface area contributed by atoms with Gasteiger partial charge >= 0.3 is 0 Å². The fourth-order valence-corrected chi connectivity index (χ4v) is 2.86. The number of hydrogen-bond acceptors (Lipinski definition) is 5. The summed E-state index contributed by atoms with van der Waals surface area (Å²) in [4.78, 5) is 4.19. The molecule has 0 amide bonds. The number of unbranched alkanes of at least 4 members (excludes halogenated alkanes) is 1. The SMILES string of the molecule is CNc1ccc(S(=O)(=O)NCCCCSC)cn1. The maximum Gasteiger partial charge on any atom is 0.242 e. The van der Waals surface area contributed by atoms with Gasteiger partial charge in [0, 0.05) is 19.8 Å². The summed E-state index contributed by atoms with van der Waals surface area (Å²) in [6.07, 6.45) is 5.26. The van der Waals surface area contributed by atoms with Crippen molar-refractivity contribution >= 4 is 27.6 Å². The van der Waals surface area contributed by atoms with Crippen LogP contribution in [-0.2, 0) is 10.0 Å². The third kappa shape index (κ3) is 4.83. The fourth-order valence-electron chi connectivity index (χ4n) is 1.35. The van der Waals surface area contributed by atoms with E-state index in [0.29, 0.717) is 12.4 Å². The van der Waals surface area contributed by atoms with E-state index in [-0.39, 0.29) is 4.90 Å². The van der Waals surface area contributed by atoms with E-state index in [1.807, 2.05) is 6.26 Å². The number of rotatable bonds is 8. The molecule has 0 fully saturated rings. The Kier molecular flexibility index (Phi) is 6.45. The summed E-state index contributed by atoms with van der Waals surface area (Å²) in [5, 5.41) is 2.84. The van der Waals surface area contributed by atoms with E-state index in [1.165, 1.54) is 6.20 Å². The number of anilines is 1. The van der Waals surface area contributed by atoms with Crippen LogP contribution in [0.5, 0.6) is 0 Å². The lowest BCUT2D eigenvalue weighted by Gasteiger charge is -2.06. The van der Waals surface area contributed by atoms with Crippen LogP contribution in [0, 0.1) is 0 Å². The lowest BCUT2D eigenvalue weighted by atomic mass is 10.3. The fraction of sp³-hybridized carbons (Fsp3) is 0.545. The number of pyridine rings is 1. The minimum Gasteiger partial charge on any atom is -0.373 e. The predicted molar refractivity (Wildman–Crippen MR) is 76.6 cm³/mol. The van der Waals surface area contributed by atoms with Gasteiger partial charge in [-0.05, 0) is 37.0 Å². The average molecular weight is 289 g/mol. The van der Waals surface area contributed by atoms with E-state index in [4.69, 9.17) is 0 Å². The van der Waals surface area contributed by atoms with Gasteiger partial charge in [-0.25, -0.2) is 18.1 Å². The van der Waals surface area contributed by atoms with Gasteiger partial charge in [0.1, 0.15) is 10.7 Å². The van der Waals surface area contributed by atoms with Crippen LogP contribution in [0.25, 0.3) is 0 Å². The first-order chi connectivity index (χ1) is 8.60. The molecule has 7 heteroatoms. The first-order valence-electron chi connectivity index (χ1n) is 5.72. The van der Waals surface area contributed by atoms with Crippen molar-refractivity contribution in [1.82, 2.24) is 9.71 Å². The van der Waals surface area contributed by atoms with E-state index < -0.39 is 10.0 Å². The molecular weight excluding hydrogens is 270 g/mol. The van der Waals surface area contributed by atoms with Crippen molar-refractivity contribution < 1.29 is 8.42 Å². The Hall–Kier alpha value is -0.790. The van der Waals surface area contributed by atoms with Crippen molar-refractivity contribution in [2.24, 2.45) is 0 Å². The van der Waals surface area contributed by atoms with Crippen LogP contribution in [0.1, 0.15) is 12.8 Å². The van der Waals surface area contributed by atoms with Crippen LogP contribution in [0.15, 0.2) is 23.2 Å². The van der Waals surface area contributed by atoms with Crippen LogP contribution >= 0.6 is 11.8 Å². The molecule has 0 saturated carbocycles. The normalized spacial score (nSPS) is 11.4. The summed E-state index contributed by atoms with van der Waals surface area (Å²) in [6, 6.07) is 3.19. The monoisotopic (exact) mass is 289 g/mol. The molecule has 1 heterocycles. The molecule has 5 nitrogen and oxygen atoms in total. The van der Waals surface area contributed by atoms with Crippen molar-refractivity contribution in [2.75, 3.05) is 30.9 Å². The Morgan fingerprint density at radius 2 is 2.11 bits per heavy atom. The van der Waals surface area contributed by atoms with E-state index >= 15 is 0 Å². The highest BCUT2D eigenvalue weighted by atomic mass is 32.2. The average Bonchev–Trinajstić information content (AvgIpc) is 2.38. The number of nitrogens with zero attached hydrogens (tertiary/aromatic N) is 1. The Labute approximate surface area is 113 Å². The Morgan fingerprint density at radius 3 is 2.67 bits per heavy atom. The first-order valence-corrected chi connectivity index (χ1v) is 8.60. The number of nitrogens with one attached hydrogen (secondary N) is 2. The molecule has 0 unspecified atom stereocenters. The minimum atomic E-state index is -3.42. The van der Waals surface area contributed by atoms with Gasteiger partial charge in [0.25, 0.3) is 0 Å². The first kappa shape index (κ1) is 15.3. The lowest BCUT2D eigenvalue weighted by molar-refractivity contribution is 0.578. The highest BCUT2D eigenvalue weighted by Gasteiger charge is 2.13. The van der Waals surface area contributed by atoms with E-state index in [0.717, 1.165) is 18.6 Å². The molecule has 2 N–H and O–H groups in total. The van der Waals surface area contributed by atoms with Gasteiger partial charge in [-0.15, -0.1) is 0 Å². The zero-order valence-corrected chi connectivity index (χ0v) is 12.3. The molecule has 1 rings (SSSR count). The smallest absolute Gasteiger partial charge is 0.242 e. The molecule has 0 aliphatic carbocycles. The molecule has 0 spiro atoms. The van der Waals surface area contributed by atoms with Gasteiger partial charge in [-0.1, -0.05) is 0 Å². The van der Waals surface area contributed by atoms with Crippen molar-refractivity contribution in [3.63, 3.8) is 0 Å². The summed E-state index contributed by atoms with van der Waals surface area (Å²) >= 11 is 1.77. The van der Waals surface area contributed by atoms with Gasteiger partial charge in [0.2, 0.25) is 10.0 Å². The second kappa shape index (κ2) is 7.60. The summed E-state index contributed by atoms with van der Waals surface area (Å²) < 4.78 is 26.3. The molecule has 102 valence electrons. The Bertz CT molecular complexity index is 446. The molecule has 0 saturated heterocycles. The number of sulfonamides is 1. The highest BCUT2D eigenvalue weighted by Crippen LogP contribution is 2.10. The van der Waals surface area contributed by atoms with E-state index in [2.05, 4.69) is 15.0 Å². The number of hydrogen-bond donors (Lipinski definition) is 2. The third-order valence-corrected chi connectivity index (χ3v) is 4.51. The molecule has 0 aliphatic heterocycles. The van der Waals surface area contributed by atoms with Gasteiger partial charge < -0.3 is 5.32 Å². The second-order valence-electron chi connectivity index (χ2n) is 3.73. The van der Waals surface area contributed by atoms with Crippen LogP contribution in [-0.4, -0.2) is 39.0 Å². The topological polar surface area (TPSA) is 71.1 Å². The summed E-state index contributed by atoms with van der Waals surface area (Å²) in [6.45, 7) is 0.469. The van der Waals surface area contributed by atoms with Crippen molar-refractivity contribution in [3.8, 4) is 0 Å². The van der Waals surface area contributed by atoms with Crippen molar-refractivity contribution in [3.05, 3.63) is 18.3 Å². The van der Waals surface area contributed by atoms with Crippen LogP contribution in [0.2, 0.25) is 0 Å². The number of thioether (sulfide) groups is 1. The molecule has 1 aromatic rings. The third-order valence-electron chi connectivity index (χ3n) is 2.37. The quantitative estimate of drug-likeness (QED) is 0.710.